The predicted octanol–water partition coefficient (Wildman–Crippen LogP) is 4.86. The molecule has 0 radical (unpaired) electrons. The lowest BCUT2D eigenvalue weighted by atomic mass is 10.0. The number of benzene rings is 1. The van der Waals surface area contributed by atoms with Crippen LogP contribution in [0.2, 0.25) is 0 Å². The summed E-state index contributed by atoms with van der Waals surface area (Å²) in [5.74, 6) is 1.68. The first kappa shape index (κ1) is 17.0. The van der Waals surface area contributed by atoms with Crippen molar-refractivity contribution in [3.05, 3.63) is 29.8 Å². The molecule has 114 valence electrons. The van der Waals surface area contributed by atoms with Crippen LogP contribution in [0.4, 0.5) is 0 Å². The standard InChI is InChI=1S/C18H30O2/c1-4-5-12-19-13-6-7-14-20-18-10-8-17(9-11-18)15-16(2)3/h8-11,16H,4-7,12-15H2,1-3H3. The van der Waals surface area contributed by atoms with Gasteiger partial charge in [-0.05, 0) is 49.3 Å². The first-order chi connectivity index (χ1) is 9.72. The molecule has 0 fully saturated rings. The monoisotopic (exact) mass is 278 g/mol. The summed E-state index contributed by atoms with van der Waals surface area (Å²) < 4.78 is 11.3. The summed E-state index contributed by atoms with van der Waals surface area (Å²) in [7, 11) is 0. The molecule has 1 aromatic rings. The maximum Gasteiger partial charge on any atom is 0.119 e. The molecule has 0 aliphatic heterocycles. The van der Waals surface area contributed by atoms with Gasteiger partial charge in [0.05, 0.1) is 6.61 Å². The van der Waals surface area contributed by atoms with Crippen molar-refractivity contribution in [1.29, 1.82) is 0 Å². The summed E-state index contributed by atoms with van der Waals surface area (Å²) in [6.07, 6.45) is 5.64. The highest BCUT2D eigenvalue weighted by atomic mass is 16.5. The van der Waals surface area contributed by atoms with E-state index in [1.165, 1.54) is 18.4 Å². The van der Waals surface area contributed by atoms with E-state index in [0.29, 0.717) is 5.92 Å². The van der Waals surface area contributed by atoms with Crippen LogP contribution in [0.25, 0.3) is 0 Å². The second-order valence-electron chi connectivity index (χ2n) is 5.76. The van der Waals surface area contributed by atoms with Gasteiger partial charge in [0.1, 0.15) is 5.75 Å². The van der Waals surface area contributed by atoms with Crippen LogP contribution in [-0.4, -0.2) is 19.8 Å². The molecule has 2 heteroatoms. The predicted molar refractivity (Wildman–Crippen MR) is 85.4 cm³/mol. The molecule has 0 atom stereocenters. The number of hydrogen-bond donors (Lipinski definition) is 0. The molecule has 0 saturated carbocycles. The first-order valence-corrected chi connectivity index (χ1v) is 8.02. The fourth-order valence-corrected chi connectivity index (χ4v) is 2.04. The zero-order valence-corrected chi connectivity index (χ0v) is 13.4. The van der Waals surface area contributed by atoms with E-state index in [1.807, 2.05) is 0 Å². The quantitative estimate of drug-likeness (QED) is 0.538. The average Bonchev–Trinajstić information content (AvgIpc) is 2.43. The zero-order valence-electron chi connectivity index (χ0n) is 13.4. The molecule has 0 bridgehead atoms. The number of rotatable bonds is 11. The van der Waals surface area contributed by atoms with Crippen molar-refractivity contribution in [3.63, 3.8) is 0 Å². The Morgan fingerprint density at radius 3 is 2.20 bits per heavy atom. The Morgan fingerprint density at radius 2 is 1.55 bits per heavy atom. The van der Waals surface area contributed by atoms with E-state index >= 15 is 0 Å². The van der Waals surface area contributed by atoms with Crippen molar-refractivity contribution in [2.24, 2.45) is 5.92 Å². The molecular formula is C18H30O2. The van der Waals surface area contributed by atoms with E-state index < -0.39 is 0 Å². The van der Waals surface area contributed by atoms with Gasteiger partial charge in [0.25, 0.3) is 0 Å². The molecule has 20 heavy (non-hydrogen) atoms. The van der Waals surface area contributed by atoms with Gasteiger partial charge in [-0.1, -0.05) is 39.3 Å². The normalized spacial score (nSPS) is 11.0. The molecule has 2 nitrogen and oxygen atoms in total. The first-order valence-electron chi connectivity index (χ1n) is 8.02. The summed E-state index contributed by atoms with van der Waals surface area (Å²) in [5.41, 5.74) is 1.39. The Morgan fingerprint density at radius 1 is 0.900 bits per heavy atom. The van der Waals surface area contributed by atoms with Gasteiger partial charge in [0, 0.05) is 13.2 Å². The second kappa shape index (κ2) is 10.7. The molecule has 0 heterocycles. The molecule has 0 spiro atoms. The maximum atomic E-state index is 5.74. The van der Waals surface area contributed by atoms with E-state index in [4.69, 9.17) is 9.47 Å². The fourth-order valence-electron chi connectivity index (χ4n) is 2.04. The number of hydrogen-bond acceptors (Lipinski definition) is 2. The van der Waals surface area contributed by atoms with Crippen molar-refractivity contribution in [2.75, 3.05) is 19.8 Å². The van der Waals surface area contributed by atoms with Crippen LogP contribution < -0.4 is 4.74 Å². The lowest BCUT2D eigenvalue weighted by Gasteiger charge is -2.08. The van der Waals surface area contributed by atoms with E-state index in [1.54, 1.807) is 0 Å². The van der Waals surface area contributed by atoms with Crippen LogP contribution in [0.1, 0.15) is 52.0 Å². The SMILES string of the molecule is CCCCOCCCCOc1ccc(CC(C)C)cc1. The molecule has 0 saturated heterocycles. The van der Waals surface area contributed by atoms with Gasteiger partial charge in [0.2, 0.25) is 0 Å². The fraction of sp³-hybridized carbons (Fsp3) is 0.667. The minimum atomic E-state index is 0.703. The Kier molecular flexibility index (Phi) is 9.14. The molecule has 0 unspecified atom stereocenters. The molecule has 1 rings (SSSR count). The Hall–Kier alpha value is -1.02. The third-order valence-electron chi connectivity index (χ3n) is 3.16. The molecule has 0 amide bonds. The third kappa shape index (κ3) is 8.21. The Balaban J connectivity index is 2.07. The van der Waals surface area contributed by atoms with E-state index in [-0.39, 0.29) is 0 Å². The minimum Gasteiger partial charge on any atom is -0.494 e. The van der Waals surface area contributed by atoms with Crippen LogP contribution >= 0.6 is 0 Å². The molecule has 0 aliphatic carbocycles. The van der Waals surface area contributed by atoms with Crippen LogP contribution in [0.3, 0.4) is 0 Å². The smallest absolute Gasteiger partial charge is 0.119 e. The van der Waals surface area contributed by atoms with Crippen molar-refractivity contribution >= 4 is 0 Å². The Bertz CT molecular complexity index is 330. The highest BCUT2D eigenvalue weighted by Crippen LogP contribution is 2.15. The number of ether oxygens (including phenoxy) is 2. The van der Waals surface area contributed by atoms with Crippen LogP contribution in [0.15, 0.2) is 24.3 Å². The zero-order chi connectivity index (χ0) is 14.6. The average molecular weight is 278 g/mol. The van der Waals surface area contributed by atoms with Gasteiger partial charge in [-0.3, -0.25) is 0 Å². The van der Waals surface area contributed by atoms with Crippen molar-refractivity contribution in [3.8, 4) is 5.75 Å². The lowest BCUT2D eigenvalue weighted by molar-refractivity contribution is 0.123. The largest absolute Gasteiger partial charge is 0.494 e. The molecule has 1 aromatic carbocycles. The highest BCUT2D eigenvalue weighted by Gasteiger charge is 1.99. The van der Waals surface area contributed by atoms with Crippen molar-refractivity contribution < 1.29 is 9.47 Å². The summed E-state index contributed by atoms with van der Waals surface area (Å²) in [4.78, 5) is 0. The van der Waals surface area contributed by atoms with Gasteiger partial charge in [-0.15, -0.1) is 0 Å². The molecule has 0 aromatic heterocycles. The summed E-state index contributed by atoms with van der Waals surface area (Å²) >= 11 is 0. The summed E-state index contributed by atoms with van der Waals surface area (Å²) in [6, 6.07) is 8.50. The van der Waals surface area contributed by atoms with E-state index in [9.17, 15) is 0 Å². The number of unbranched alkanes of at least 4 members (excludes halogenated alkanes) is 2. The maximum absolute atomic E-state index is 5.74. The lowest BCUT2D eigenvalue weighted by Crippen LogP contribution is -2.02. The molecular weight excluding hydrogens is 248 g/mol. The van der Waals surface area contributed by atoms with Gasteiger partial charge in [-0.25, -0.2) is 0 Å². The highest BCUT2D eigenvalue weighted by molar-refractivity contribution is 5.27. The second-order valence-corrected chi connectivity index (χ2v) is 5.76. The summed E-state index contributed by atoms with van der Waals surface area (Å²) in [5, 5.41) is 0. The molecule has 0 aliphatic rings. The van der Waals surface area contributed by atoms with E-state index in [0.717, 1.165) is 44.8 Å². The van der Waals surface area contributed by atoms with Gasteiger partial charge < -0.3 is 9.47 Å². The van der Waals surface area contributed by atoms with Crippen LogP contribution in [0.5, 0.6) is 5.75 Å². The van der Waals surface area contributed by atoms with Crippen molar-refractivity contribution in [1.82, 2.24) is 0 Å². The van der Waals surface area contributed by atoms with E-state index in [2.05, 4.69) is 45.0 Å². The summed E-state index contributed by atoms with van der Waals surface area (Å²) in [6.45, 7) is 9.20. The van der Waals surface area contributed by atoms with Gasteiger partial charge in [-0.2, -0.15) is 0 Å². The van der Waals surface area contributed by atoms with Crippen LogP contribution in [-0.2, 0) is 11.2 Å². The topological polar surface area (TPSA) is 18.5 Å². The molecule has 0 N–H and O–H groups in total. The van der Waals surface area contributed by atoms with Crippen molar-refractivity contribution in [2.45, 2.75) is 52.9 Å². The van der Waals surface area contributed by atoms with Crippen LogP contribution in [0, 0.1) is 5.92 Å². The minimum absolute atomic E-state index is 0.703. The van der Waals surface area contributed by atoms with Gasteiger partial charge in [0.15, 0.2) is 0 Å². The van der Waals surface area contributed by atoms with Gasteiger partial charge >= 0.3 is 0 Å². The Labute approximate surface area is 124 Å². The third-order valence-corrected chi connectivity index (χ3v) is 3.16.